The van der Waals surface area contributed by atoms with E-state index >= 15 is 4.79 Å². The van der Waals surface area contributed by atoms with E-state index in [0.717, 1.165) is 5.39 Å². The van der Waals surface area contributed by atoms with Gasteiger partial charge in [-0.2, -0.15) is 4.90 Å². The number of primary amides is 1. The van der Waals surface area contributed by atoms with Gasteiger partial charge in [-0.25, -0.2) is 9.69 Å². The number of rotatable bonds is 3. The predicted octanol–water partition coefficient (Wildman–Crippen LogP) is 5.44. The van der Waals surface area contributed by atoms with Crippen molar-refractivity contribution in [3.8, 4) is 5.75 Å². The molecule has 4 aromatic rings. The molecule has 3 N–H and O–H groups in total. The lowest BCUT2D eigenvalue weighted by atomic mass is 9.49. The highest BCUT2D eigenvalue weighted by Gasteiger charge is 2.70. The standard InChI is InChI=1S/C37H28ClN3O6/c38-21-10-6-11-22(17-21)40-33(44)28-18-27-24(15-16-25-29(27)34(45)41(32(25)43)36(39)47)30(37(28,35(40)46)20-8-2-1-3-9-20)26-14-13-19-7-4-5-12-23(19)31(26)42/h1-15,17,25,27-30,42H,16,18H2,(H2,39,47)/t25-,27+,28-,29-,30+,37+/m0/s1. The summed E-state index contributed by atoms with van der Waals surface area (Å²) in [7, 11) is 0. The molecule has 6 amide bonds. The van der Waals surface area contributed by atoms with Gasteiger partial charge in [0.05, 0.1) is 28.9 Å². The molecular weight excluding hydrogens is 618 g/mol. The van der Waals surface area contributed by atoms with E-state index in [0.29, 0.717) is 37.7 Å². The number of benzene rings is 4. The van der Waals surface area contributed by atoms with Gasteiger partial charge >= 0.3 is 6.03 Å². The Labute approximate surface area is 274 Å². The molecule has 2 aliphatic carbocycles. The molecule has 4 aromatic carbocycles. The number of nitrogens with two attached hydrogens (primary N) is 1. The van der Waals surface area contributed by atoms with Crippen molar-refractivity contribution < 1.29 is 29.1 Å². The first-order valence-electron chi connectivity index (χ1n) is 15.4. The van der Waals surface area contributed by atoms with E-state index in [1.165, 1.54) is 4.90 Å². The Bertz CT molecular complexity index is 2100. The highest BCUT2D eigenvalue weighted by molar-refractivity contribution is 6.32. The zero-order valence-electron chi connectivity index (χ0n) is 24.9. The number of allylic oxidation sites excluding steroid dienone is 2. The number of phenolic OH excluding ortho intramolecular Hbond substituents is 1. The van der Waals surface area contributed by atoms with Gasteiger partial charge in [0.1, 0.15) is 5.75 Å². The Morgan fingerprint density at radius 3 is 2.34 bits per heavy atom. The summed E-state index contributed by atoms with van der Waals surface area (Å²) < 4.78 is 0. The fourth-order valence-electron chi connectivity index (χ4n) is 8.81. The number of anilines is 1. The van der Waals surface area contributed by atoms with Crippen molar-refractivity contribution in [2.45, 2.75) is 24.2 Å². The maximum absolute atomic E-state index is 15.3. The van der Waals surface area contributed by atoms with E-state index in [4.69, 9.17) is 17.3 Å². The molecule has 2 saturated heterocycles. The summed E-state index contributed by atoms with van der Waals surface area (Å²) in [6, 6.07) is 25.4. The number of carbonyl (C=O) groups excluding carboxylic acids is 5. The molecule has 10 heteroatoms. The molecule has 0 bridgehead atoms. The van der Waals surface area contributed by atoms with Gasteiger partial charge in [0.25, 0.3) is 0 Å². The number of amides is 6. The second-order valence-electron chi connectivity index (χ2n) is 12.7. The van der Waals surface area contributed by atoms with Crippen LogP contribution >= 0.6 is 11.6 Å². The van der Waals surface area contributed by atoms with Gasteiger partial charge < -0.3 is 10.8 Å². The van der Waals surface area contributed by atoms with E-state index < -0.39 is 64.7 Å². The van der Waals surface area contributed by atoms with Crippen LogP contribution in [0.5, 0.6) is 5.75 Å². The Kier molecular flexibility index (Phi) is 6.43. The number of nitrogens with zero attached hydrogens (tertiary/aromatic N) is 2. The first-order valence-corrected chi connectivity index (χ1v) is 15.8. The molecule has 2 heterocycles. The third-order valence-electron chi connectivity index (χ3n) is 10.6. The predicted molar refractivity (Wildman–Crippen MR) is 173 cm³/mol. The molecule has 9 nitrogen and oxygen atoms in total. The maximum Gasteiger partial charge on any atom is 0.328 e. The van der Waals surface area contributed by atoms with Crippen LogP contribution in [-0.4, -0.2) is 39.7 Å². The number of fused-ring (bicyclic) bond motifs is 5. The Morgan fingerprint density at radius 2 is 1.60 bits per heavy atom. The molecule has 4 aliphatic rings. The van der Waals surface area contributed by atoms with E-state index in [-0.39, 0.29) is 18.6 Å². The maximum atomic E-state index is 15.3. The second kappa shape index (κ2) is 10.4. The SMILES string of the molecule is NC(=O)N1C(=O)[C@H]2[C@H](CC=C3[C@H]2C[C@H]2C(=O)N(c4cccc(Cl)c4)C(=O)[C@@]2(c2ccccc2)[C@H]3c2ccc3ccccc3c2O)C1=O. The van der Waals surface area contributed by atoms with Crippen LogP contribution in [0.4, 0.5) is 10.5 Å². The fourth-order valence-corrected chi connectivity index (χ4v) is 8.99. The Hall–Kier alpha value is -5.28. The molecule has 2 aliphatic heterocycles. The van der Waals surface area contributed by atoms with E-state index in [1.54, 1.807) is 48.5 Å². The first-order chi connectivity index (χ1) is 22.7. The summed E-state index contributed by atoms with van der Waals surface area (Å²) >= 11 is 6.35. The topological polar surface area (TPSA) is 138 Å². The second-order valence-corrected chi connectivity index (χ2v) is 13.1. The average molecular weight is 646 g/mol. The Balaban J connectivity index is 1.43. The molecule has 234 valence electrons. The van der Waals surface area contributed by atoms with Crippen molar-refractivity contribution in [1.29, 1.82) is 0 Å². The first kappa shape index (κ1) is 29.1. The highest BCUT2D eigenvalue weighted by atomic mass is 35.5. The summed E-state index contributed by atoms with van der Waals surface area (Å²) in [6.07, 6.45) is 2.05. The van der Waals surface area contributed by atoms with Crippen molar-refractivity contribution >= 4 is 57.7 Å². The molecule has 3 fully saturated rings. The number of likely N-dealkylation sites (tertiary alicyclic amines) is 1. The largest absolute Gasteiger partial charge is 0.507 e. The number of halogens is 1. The lowest BCUT2D eigenvalue weighted by molar-refractivity contribution is -0.136. The number of phenols is 1. The summed E-state index contributed by atoms with van der Waals surface area (Å²) in [5.41, 5.74) is 5.93. The number of imide groups is 4. The minimum absolute atomic E-state index is 0.0418. The van der Waals surface area contributed by atoms with Crippen molar-refractivity contribution in [3.63, 3.8) is 0 Å². The number of carbonyl (C=O) groups is 5. The average Bonchev–Trinajstić information content (AvgIpc) is 3.46. The number of hydrogen-bond donors (Lipinski definition) is 2. The van der Waals surface area contributed by atoms with Crippen molar-refractivity contribution in [2.75, 3.05) is 4.90 Å². The van der Waals surface area contributed by atoms with Crippen LogP contribution in [0.15, 0.2) is 103 Å². The van der Waals surface area contributed by atoms with Crippen molar-refractivity contribution in [3.05, 3.63) is 119 Å². The number of urea groups is 1. The number of aromatic hydroxyl groups is 1. The molecule has 1 saturated carbocycles. The molecule has 0 spiro atoms. The minimum Gasteiger partial charge on any atom is -0.507 e. The fraction of sp³-hybridized carbons (Fsp3) is 0.216. The Morgan fingerprint density at radius 1 is 0.851 bits per heavy atom. The van der Waals surface area contributed by atoms with Gasteiger partial charge in [-0.15, -0.1) is 0 Å². The van der Waals surface area contributed by atoms with Crippen molar-refractivity contribution in [2.24, 2.45) is 29.4 Å². The van der Waals surface area contributed by atoms with Crippen LogP contribution < -0.4 is 10.6 Å². The molecular formula is C37H28ClN3O6. The van der Waals surface area contributed by atoms with E-state index in [1.807, 2.05) is 48.5 Å². The van der Waals surface area contributed by atoms with Gasteiger partial charge in [0.15, 0.2) is 0 Å². The smallest absolute Gasteiger partial charge is 0.328 e. The highest BCUT2D eigenvalue weighted by Crippen LogP contribution is 2.65. The molecule has 47 heavy (non-hydrogen) atoms. The van der Waals surface area contributed by atoms with Crippen LogP contribution in [0.2, 0.25) is 5.02 Å². The molecule has 0 radical (unpaired) electrons. The molecule has 0 unspecified atom stereocenters. The zero-order valence-corrected chi connectivity index (χ0v) is 25.6. The molecule has 8 rings (SSSR count). The third kappa shape index (κ3) is 3.86. The van der Waals surface area contributed by atoms with Gasteiger partial charge in [-0.3, -0.25) is 19.2 Å². The van der Waals surface area contributed by atoms with E-state index in [9.17, 15) is 24.3 Å². The van der Waals surface area contributed by atoms with Crippen LogP contribution in [0.3, 0.4) is 0 Å². The lowest BCUT2D eigenvalue weighted by Crippen LogP contribution is -2.53. The van der Waals surface area contributed by atoms with Crippen LogP contribution in [0, 0.1) is 23.7 Å². The number of hydrogen-bond acceptors (Lipinski definition) is 6. The van der Waals surface area contributed by atoms with Crippen LogP contribution in [-0.2, 0) is 24.6 Å². The monoisotopic (exact) mass is 645 g/mol. The van der Waals surface area contributed by atoms with Crippen LogP contribution in [0.25, 0.3) is 10.8 Å². The molecule has 0 aromatic heterocycles. The molecule has 6 atom stereocenters. The van der Waals surface area contributed by atoms with Crippen LogP contribution in [0.1, 0.15) is 29.9 Å². The van der Waals surface area contributed by atoms with E-state index in [2.05, 4.69) is 0 Å². The van der Waals surface area contributed by atoms with Gasteiger partial charge in [0.2, 0.25) is 23.6 Å². The van der Waals surface area contributed by atoms with Crippen molar-refractivity contribution in [1.82, 2.24) is 4.90 Å². The summed E-state index contributed by atoms with van der Waals surface area (Å²) in [5, 5.41) is 13.7. The zero-order chi connectivity index (χ0) is 32.8. The van der Waals surface area contributed by atoms with Gasteiger partial charge in [-0.05, 0) is 47.9 Å². The summed E-state index contributed by atoms with van der Waals surface area (Å²) in [5.74, 6) is -6.77. The third-order valence-corrected chi connectivity index (χ3v) is 10.9. The quantitative estimate of drug-likeness (QED) is 0.225. The summed E-state index contributed by atoms with van der Waals surface area (Å²) in [4.78, 5) is 71.0. The minimum atomic E-state index is -1.54. The lowest BCUT2D eigenvalue weighted by Gasteiger charge is -2.50. The summed E-state index contributed by atoms with van der Waals surface area (Å²) in [6.45, 7) is 0. The van der Waals surface area contributed by atoms with Gasteiger partial charge in [-0.1, -0.05) is 96.0 Å². The van der Waals surface area contributed by atoms with Gasteiger partial charge in [0, 0.05) is 21.9 Å². The normalized spacial score (nSPS) is 28.3.